The zero-order valence-corrected chi connectivity index (χ0v) is 12.5. The molecule has 3 rings (SSSR count). The molecule has 1 amide bonds. The number of hydrogen-bond acceptors (Lipinski definition) is 5. The summed E-state index contributed by atoms with van der Waals surface area (Å²) in [5.74, 6) is 1.14. The van der Waals surface area contributed by atoms with Crippen molar-refractivity contribution in [2.45, 2.75) is 45.6 Å². The number of nitrogens with zero attached hydrogens (tertiary/aromatic N) is 3. The molecule has 2 aromatic heterocycles. The summed E-state index contributed by atoms with van der Waals surface area (Å²) in [6, 6.07) is 3.55. The second-order valence-corrected chi connectivity index (χ2v) is 5.80. The average Bonchev–Trinajstić information content (AvgIpc) is 3.17. The SMILES string of the molecule is Cc1cc([C@H]2CCCN2C(=O)c2cc(C(C)C)no2)on1. The minimum absolute atomic E-state index is 0.0636. The standard InChI is InChI=1S/C15H19N3O3/c1-9(2)11-8-14(21-17-11)15(19)18-6-4-5-12(18)13-7-10(3)16-20-13/h7-9,12H,4-6H2,1-3H3/t12-/m1/s1. The highest BCUT2D eigenvalue weighted by Gasteiger charge is 2.34. The number of hydrogen-bond donors (Lipinski definition) is 0. The van der Waals surface area contributed by atoms with Crippen molar-refractivity contribution in [1.82, 2.24) is 15.2 Å². The van der Waals surface area contributed by atoms with Gasteiger partial charge < -0.3 is 13.9 Å². The maximum Gasteiger partial charge on any atom is 0.293 e. The van der Waals surface area contributed by atoms with Crippen LogP contribution in [0.3, 0.4) is 0 Å². The molecule has 0 aliphatic carbocycles. The van der Waals surface area contributed by atoms with Gasteiger partial charge in [-0.05, 0) is 25.7 Å². The van der Waals surface area contributed by atoms with E-state index in [-0.39, 0.29) is 17.9 Å². The molecule has 0 unspecified atom stereocenters. The lowest BCUT2D eigenvalue weighted by Gasteiger charge is -2.20. The van der Waals surface area contributed by atoms with Crippen LogP contribution >= 0.6 is 0 Å². The lowest BCUT2D eigenvalue weighted by Crippen LogP contribution is -2.30. The van der Waals surface area contributed by atoms with Crippen LogP contribution in [0, 0.1) is 6.92 Å². The van der Waals surface area contributed by atoms with E-state index in [1.165, 1.54) is 0 Å². The summed E-state index contributed by atoms with van der Waals surface area (Å²) >= 11 is 0. The molecule has 112 valence electrons. The first kappa shape index (κ1) is 13.9. The average molecular weight is 289 g/mol. The summed E-state index contributed by atoms with van der Waals surface area (Å²) in [6.07, 6.45) is 1.83. The first-order valence-electron chi connectivity index (χ1n) is 7.27. The summed E-state index contributed by atoms with van der Waals surface area (Å²) in [5.41, 5.74) is 1.62. The number of carbonyl (C=O) groups excluding carboxylic acids is 1. The van der Waals surface area contributed by atoms with Gasteiger partial charge in [0.05, 0.1) is 17.4 Å². The van der Waals surface area contributed by atoms with Crippen LogP contribution in [0.25, 0.3) is 0 Å². The van der Waals surface area contributed by atoms with Gasteiger partial charge in [-0.2, -0.15) is 0 Å². The molecule has 0 saturated carbocycles. The van der Waals surface area contributed by atoms with Crippen LogP contribution in [-0.4, -0.2) is 27.7 Å². The molecule has 21 heavy (non-hydrogen) atoms. The van der Waals surface area contributed by atoms with Crippen LogP contribution in [0.1, 0.15) is 66.4 Å². The van der Waals surface area contributed by atoms with Gasteiger partial charge in [-0.1, -0.05) is 24.2 Å². The van der Waals surface area contributed by atoms with E-state index in [2.05, 4.69) is 10.3 Å². The van der Waals surface area contributed by atoms with Crippen LogP contribution in [0.2, 0.25) is 0 Å². The van der Waals surface area contributed by atoms with Gasteiger partial charge in [0, 0.05) is 18.7 Å². The Balaban J connectivity index is 1.82. The molecule has 0 bridgehead atoms. The van der Waals surface area contributed by atoms with Gasteiger partial charge in [-0.25, -0.2) is 0 Å². The molecule has 3 heterocycles. The van der Waals surface area contributed by atoms with Crippen molar-refractivity contribution < 1.29 is 13.8 Å². The zero-order valence-electron chi connectivity index (χ0n) is 12.5. The van der Waals surface area contributed by atoms with Gasteiger partial charge in [0.1, 0.15) is 0 Å². The Bertz CT molecular complexity index is 644. The molecule has 0 aromatic carbocycles. The van der Waals surface area contributed by atoms with Gasteiger partial charge in [-0.15, -0.1) is 0 Å². The Morgan fingerprint density at radius 1 is 1.33 bits per heavy atom. The molecule has 2 aromatic rings. The lowest BCUT2D eigenvalue weighted by atomic mass is 10.1. The molecule has 6 heteroatoms. The normalized spacial score (nSPS) is 18.7. The third-order valence-electron chi connectivity index (χ3n) is 3.82. The molecule has 1 fully saturated rings. The molecular weight excluding hydrogens is 270 g/mol. The topological polar surface area (TPSA) is 72.4 Å². The molecule has 0 radical (unpaired) electrons. The number of likely N-dealkylation sites (tertiary alicyclic amines) is 1. The first-order valence-corrected chi connectivity index (χ1v) is 7.27. The van der Waals surface area contributed by atoms with E-state index in [1.54, 1.807) is 11.0 Å². The summed E-state index contributed by atoms with van der Waals surface area (Å²) in [4.78, 5) is 14.4. The first-order chi connectivity index (χ1) is 10.1. The fourth-order valence-corrected chi connectivity index (χ4v) is 2.65. The number of carbonyl (C=O) groups is 1. The number of aryl methyl sites for hydroxylation is 1. The van der Waals surface area contributed by atoms with E-state index in [1.807, 2.05) is 26.8 Å². The van der Waals surface area contributed by atoms with Crippen molar-refractivity contribution in [1.29, 1.82) is 0 Å². The second-order valence-electron chi connectivity index (χ2n) is 5.80. The van der Waals surface area contributed by atoms with Gasteiger partial charge in [0.25, 0.3) is 5.91 Å². The monoisotopic (exact) mass is 289 g/mol. The molecule has 6 nitrogen and oxygen atoms in total. The van der Waals surface area contributed by atoms with Crippen LogP contribution in [0.4, 0.5) is 0 Å². The van der Waals surface area contributed by atoms with Crippen LogP contribution in [0.5, 0.6) is 0 Å². The Morgan fingerprint density at radius 3 is 2.76 bits per heavy atom. The Hall–Kier alpha value is -2.11. The minimum atomic E-state index is -0.133. The van der Waals surface area contributed by atoms with Gasteiger partial charge in [0.15, 0.2) is 5.76 Å². The lowest BCUT2D eigenvalue weighted by molar-refractivity contribution is 0.0672. The fraction of sp³-hybridized carbons (Fsp3) is 0.533. The van der Waals surface area contributed by atoms with Crippen LogP contribution < -0.4 is 0 Å². The molecular formula is C15H19N3O3. The Morgan fingerprint density at radius 2 is 2.14 bits per heavy atom. The molecule has 1 saturated heterocycles. The highest BCUT2D eigenvalue weighted by atomic mass is 16.5. The van der Waals surface area contributed by atoms with Crippen molar-refractivity contribution in [3.05, 3.63) is 35.0 Å². The summed E-state index contributed by atoms with van der Waals surface area (Å²) in [6.45, 7) is 6.60. The largest absolute Gasteiger partial charge is 0.359 e. The number of amides is 1. The van der Waals surface area contributed by atoms with E-state index >= 15 is 0 Å². The summed E-state index contributed by atoms with van der Waals surface area (Å²) in [7, 11) is 0. The van der Waals surface area contributed by atoms with Crippen LogP contribution in [-0.2, 0) is 0 Å². The smallest absolute Gasteiger partial charge is 0.293 e. The summed E-state index contributed by atoms with van der Waals surface area (Å²) < 4.78 is 10.5. The minimum Gasteiger partial charge on any atom is -0.359 e. The third-order valence-corrected chi connectivity index (χ3v) is 3.82. The van der Waals surface area contributed by atoms with Crippen molar-refractivity contribution in [3.8, 4) is 0 Å². The molecule has 1 atom stereocenters. The van der Waals surface area contributed by atoms with Crippen LogP contribution in [0.15, 0.2) is 21.2 Å². The van der Waals surface area contributed by atoms with Gasteiger partial charge >= 0.3 is 0 Å². The third kappa shape index (κ3) is 2.57. The quantitative estimate of drug-likeness (QED) is 0.868. The fourth-order valence-electron chi connectivity index (χ4n) is 2.65. The predicted molar refractivity (Wildman–Crippen MR) is 74.8 cm³/mol. The molecule has 1 aliphatic heterocycles. The van der Waals surface area contributed by atoms with E-state index in [0.29, 0.717) is 12.3 Å². The highest BCUT2D eigenvalue weighted by Crippen LogP contribution is 2.33. The van der Waals surface area contributed by atoms with Crippen molar-refractivity contribution in [3.63, 3.8) is 0 Å². The maximum absolute atomic E-state index is 12.6. The van der Waals surface area contributed by atoms with E-state index in [0.717, 1.165) is 30.0 Å². The molecule has 0 spiro atoms. The Kier molecular flexibility index (Phi) is 3.53. The highest BCUT2D eigenvalue weighted by molar-refractivity contribution is 5.92. The second kappa shape index (κ2) is 5.35. The summed E-state index contributed by atoms with van der Waals surface area (Å²) in [5, 5.41) is 7.86. The molecule has 1 aliphatic rings. The predicted octanol–water partition coefficient (Wildman–Crippen LogP) is 3.07. The van der Waals surface area contributed by atoms with Crippen molar-refractivity contribution >= 4 is 5.91 Å². The van der Waals surface area contributed by atoms with E-state index < -0.39 is 0 Å². The Labute approximate surface area is 123 Å². The zero-order chi connectivity index (χ0) is 15.0. The molecule has 0 N–H and O–H groups in total. The maximum atomic E-state index is 12.6. The number of rotatable bonds is 3. The van der Waals surface area contributed by atoms with E-state index in [9.17, 15) is 4.79 Å². The van der Waals surface area contributed by atoms with Crippen molar-refractivity contribution in [2.75, 3.05) is 6.54 Å². The van der Waals surface area contributed by atoms with Gasteiger partial charge in [0.2, 0.25) is 5.76 Å². The van der Waals surface area contributed by atoms with Crippen molar-refractivity contribution in [2.24, 2.45) is 0 Å². The van der Waals surface area contributed by atoms with E-state index in [4.69, 9.17) is 9.05 Å². The number of aromatic nitrogens is 2. The van der Waals surface area contributed by atoms with Gasteiger partial charge in [-0.3, -0.25) is 4.79 Å².